The summed E-state index contributed by atoms with van der Waals surface area (Å²) in [6, 6.07) is 0. The molecule has 0 bridgehead atoms. The second-order valence-corrected chi connectivity index (χ2v) is 7.16. The lowest BCUT2D eigenvalue weighted by Crippen LogP contribution is -2.15. The second kappa shape index (κ2) is 7.38. The second-order valence-electron chi connectivity index (χ2n) is 7.16. The number of halogens is 7. The molecule has 3 atom stereocenters. The van der Waals surface area contributed by atoms with Gasteiger partial charge in [-0.3, -0.25) is 4.79 Å². The molecule has 1 aromatic rings. The van der Waals surface area contributed by atoms with Crippen molar-refractivity contribution in [1.29, 1.82) is 0 Å². The first-order valence-electron chi connectivity index (χ1n) is 8.15. The Morgan fingerprint density at radius 3 is 2.07 bits per heavy atom. The number of alkyl halides is 3. The lowest BCUT2D eigenvalue weighted by Gasteiger charge is -2.14. The van der Waals surface area contributed by atoms with Gasteiger partial charge in [-0.05, 0) is 18.3 Å². The first-order valence-corrected chi connectivity index (χ1v) is 8.15. The molecule has 0 aliphatic heterocycles. The van der Waals surface area contributed by atoms with Crippen LogP contribution in [0.3, 0.4) is 0 Å². The van der Waals surface area contributed by atoms with Crippen molar-refractivity contribution >= 4 is 5.97 Å². The van der Waals surface area contributed by atoms with E-state index in [1.807, 2.05) is 0 Å². The Balaban J connectivity index is 2.17. The van der Waals surface area contributed by atoms with E-state index in [0.29, 0.717) is 0 Å². The molecule has 1 aliphatic rings. The van der Waals surface area contributed by atoms with E-state index < -0.39 is 76.5 Å². The molecule has 10 heteroatoms. The Bertz CT molecular complexity index is 783. The summed E-state index contributed by atoms with van der Waals surface area (Å²) in [4.78, 5) is 12.1. The average molecular weight is 414 g/mol. The van der Waals surface area contributed by atoms with Gasteiger partial charge in [0.05, 0.1) is 23.1 Å². The third-order valence-electron chi connectivity index (χ3n) is 4.82. The molecule has 3 nitrogen and oxygen atoms in total. The first kappa shape index (κ1) is 22.2. The Morgan fingerprint density at radius 1 is 1.14 bits per heavy atom. The van der Waals surface area contributed by atoms with E-state index in [1.54, 1.807) is 0 Å². The van der Waals surface area contributed by atoms with Crippen LogP contribution >= 0.6 is 0 Å². The molecule has 0 saturated heterocycles. The van der Waals surface area contributed by atoms with E-state index in [4.69, 9.17) is 4.74 Å². The van der Waals surface area contributed by atoms with Gasteiger partial charge in [-0.15, -0.1) is 0 Å². The Labute approximate surface area is 155 Å². The summed E-state index contributed by atoms with van der Waals surface area (Å²) in [6.45, 7) is 2.75. The van der Waals surface area contributed by atoms with Gasteiger partial charge in [0.25, 0.3) is 0 Å². The van der Waals surface area contributed by atoms with Crippen LogP contribution in [-0.2, 0) is 16.1 Å². The van der Waals surface area contributed by atoms with E-state index in [-0.39, 0.29) is 6.08 Å². The molecule has 0 aromatic heterocycles. The van der Waals surface area contributed by atoms with Crippen LogP contribution in [0.5, 0.6) is 0 Å². The highest BCUT2D eigenvalue weighted by Gasteiger charge is 2.61. The molecule has 1 N–H and O–H groups in total. The largest absolute Gasteiger partial charge is 0.460 e. The molecule has 1 aliphatic carbocycles. The maximum atomic E-state index is 14.0. The predicted octanol–water partition coefficient (Wildman–Crippen LogP) is 4.73. The number of aliphatic hydroxyl groups is 1. The van der Waals surface area contributed by atoms with E-state index >= 15 is 0 Å². The van der Waals surface area contributed by atoms with Crippen molar-refractivity contribution in [1.82, 2.24) is 0 Å². The summed E-state index contributed by atoms with van der Waals surface area (Å²) in [7, 11) is 0. The number of carbonyl (C=O) groups excluding carboxylic acids is 1. The van der Waals surface area contributed by atoms with Gasteiger partial charge >= 0.3 is 12.1 Å². The number of hydrogen-bond donors (Lipinski definition) is 1. The van der Waals surface area contributed by atoms with E-state index in [9.17, 15) is 40.6 Å². The van der Waals surface area contributed by atoms with E-state index in [1.165, 1.54) is 13.8 Å². The molecule has 0 radical (unpaired) electrons. The van der Waals surface area contributed by atoms with Crippen LogP contribution in [-0.4, -0.2) is 17.3 Å². The molecular weight excluding hydrogens is 397 g/mol. The maximum Gasteiger partial charge on any atom is 0.409 e. The molecule has 1 fully saturated rings. The van der Waals surface area contributed by atoms with Crippen LogP contribution in [0, 0.1) is 40.5 Å². The van der Waals surface area contributed by atoms with Crippen molar-refractivity contribution in [3.8, 4) is 0 Å². The minimum atomic E-state index is -4.57. The minimum Gasteiger partial charge on any atom is -0.460 e. The third-order valence-corrected chi connectivity index (χ3v) is 4.82. The van der Waals surface area contributed by atoms with Gasteiger partial charge in [-0.25, -0.2) is 17.6 Å². The van der Waals surface area contributed by atoms with Crippen LogP contribution in [0.25, 0.3) is 0 Å². The van der Waals surface area contributed by atoms with Gasteiger partial charge < -0.3 is 9.84 Å². The summed E-state index contributed by atoms with van der Waals surface area (Å²) in [5.41, 5.74) is -3.29. The van der Waals surface area contributed by atoms with E-state index in [0.717, 1.165) is 13.0 Å². The fraction of sp³-hybridized carbons (Fsp3) is 0.500. The Morgan fingerprint density at radius 2 is 1.64 bits per heavy atom. The topological polar surface area (TPSA) is 46.5 Å². The van der Waals surface area contributed by atoms with Crippen molar-refractivity contribution in [3.63, 3.8) is 0 Å². The number of esters is 1. The Hall–Kier alpha value is -2.10. The fourth-order valence-electron chi connectivity index (χ4n) is 3.12. The number of aliphatic hydroxyl groups excluding tert-OH is 1. The molecule has 2 rings (SSSR count). The molecule has 28 heavy (non-hydrogen) atoms. The van der Waals surface area contributed by atoms with Crippen LogP contribution in [0.4, 0.5) is 30.7 Å². The predicted molar refractivity (Wildman–Crippen MR) is 82.7 cm³/mol. The van der Waals surface area contributed by atoms with Crippen molar-refractivity contribution in [2.45, 2.75) is 39.7 Å². The minimum absolute atomic E-state index is 0.0223. The number of rotatable bonds is 5. The smallest absolute Gasteiger partial charge is 0.409 e. The molecule has 1 saturated carbocycles. The lowest BCUT2D eigenvalue weighted by molar-refractivity contribution is -0.147. The van der Waals surface area contributed by atoms with Gasteiger partial charge in [0.15, 0.2) is 23.3 Å². The van der Waals surface area contributed by atoms with Gasteiger partial charge in [0.2, 0.25) is 0 Å². The summed E-state index contributed by atoms with van der Waals surface area (Å²) in [6.07, 6.45) is -5.62. The Kier molecular flexibility index (Phi) is 5.85. The lowest BCUT2D eigenvalue weighted by atomic mass is 10.0. The van der Waals surface area contributed by atoms with Gasteiger partial charge in [-0.1, -0.05) is 19.9 Å². The average Bonchev–Trinajstić information content (AvgIpc) is 3.11. The molecule has 1 aromatic carbocycles. The van der Waals surface area contributed by atoms with Gasteiger partial charge in [-0.2, -0.15) is 13.2 Å². The maximum absolute atomic E-state index is 14.0. The molecule has 2 unspecified atom stereocenters. The van der Waals surface area contributed by atoms with Crippen LogP contribution in [0.1, 0.15) is 38.0 Å². The zero-order valence-corrected chi connectivity index (χ0v) is 15.0. The summed E-state index contributed by atoms with van der Waals surface area (Å²) >= 11 is 0. The standard InChI is InChI=1S/C18H17F7O3/c1-7(26)10-14(21)12(19)8(13(20)15(10)22)6-28-16(27)11-9(17(11,2)3)4-5-18(23,24)25/h4-5,7,9,11,26H,6H2,1-3H3/t7?,9?,11-/m0/s1. The zero-order valence-electron chi connectivity index (χ0n) is 15.0. The highest BCUT2D eigenvalue weighted by atomic mass is 19.4. The fourth-order valence-corrected chi connectivity index (χ4v) is 3.12. The molecule has 0 heterocycles. The van der Waals surface area contributed by atoms with Crippen molar-refractivity contribution in [2.75, 3.05) is 0 Å². The quantitative estimate of drug-likeness (QED) is 0.328. The molecule has 0 spiro atoms. The number of ether oxygens (including phenoxy) is 1. The number of carbonyl (C=O) groups is 1. The molecule has 156 valence electrons. The van der Waals surface area contributed by atoms with Crippen molar-refractivity contribution in [3.05, 3.63) is 46.5 Å². The van der Waals surface area contributed by atoms with Crippen molar-refractivity contribution in [2.24, 2.45) is 17.3 Å². The van der Waals surface area contributed by atoms with E-state index in [2.05, 4.69) is 0 Å². The summed E-state index contributed by atoms with van der Waals surface area (Å²) in [5.74, 6) is -10.2. The third kappa shape index (κ3) is 4.16. The van der Waals surface area contributed by atoms with Gasteiger partial charge in [0, 0.05) is 6.08 Å². The van der Waals surface area contributed by atoms with Crippen molar-refractivity contribution < 1.29 is 45.4 Å². The number of allylic oxidation sites excluding steroid dienone is 2. The monoisotopic (exact) mass is 414 g/mol. The highest BCUT2D eigenvalue weighted by Crippen LogP contribution is 2.59. The van der Waals surface area contributed by atoms with Crippen LogP contribution in [0.2, 0.25) is 0 Å². The normalized spacial score (nSPS) is 22.4. The summed E-state index contributed by atoms with van der Waals surface area (Å²) in [5, 5.41) is 9.23. The molecule has 0 amide bonds. The van der Waals surface area contributed by atoms with Crippen LogP contribution < -0.4 is 0 Å². The number of benzene rings is 1. The highest BCUT2D eigenvalue weighted by molar-refractivity contribution is 5.78. The summed E-state index contributed by atoms with van der Waals surface area (Å²) < 4.78 is 97.2. The first-order chi connectivity index (χ1) is 12.7. The van der Waals surface area contributed by atoms with Gasteiger partial charge in [0.1, 0.15) is 6.61 Å². The molecular formula is C18H17F7O3. The van der Waals surface area contributed by atoms with Crippen LogP contribution in [0.15, 0.2) is 12.2 Å². The SMILES string of the molecule is CC(O)c1c(F)c(F)c(COC(=O)[C@@H]2C(C=CC(F)(F)F)C2(C)C)c(F)c1F. The zero-order chi connectivity index (χ0) is 21.6. The number of hydrogen-bond acceptors (Lipinski definition) is 3.